The average Bonchev–Trinajstić information content (AvgIpc) is 2.54. The molecule has 0 radical (unpaired) electrons. The lowest BCUT2D eigenvalue weighted by Crippen LogP contribution is -2.20. The van der Waals surface area contributed by atoms with Crippen LogP contribution in [-0.4, -0.2) is 28.5 Å². The van der Waals surface area contributed by atoms with Crippen molar-refractivity contribution in [2.45, 2.75) is 0 Å². The average molecular weight is 316 g/mol. The maximum absolute atomic E-state index is 11.7. The van der Waals surface area contributed by atoms with Gasteiger partial charge < -0.3 is 15.2 Å². The number of nitro benzene ring substituents is 1. The summed E-state index contributed by atoms with van der Waals surface area (Å²) >= 11 is 0. The molecule has 0 spiro atoms. The van der Waals surface area contributed by atoms with E-state index >= 15 is 0 Å². The fourth-order valence-corrected chi connectivity index (χ4v) is 1.71. The van der Waals surface area contributed by atoms with Gasteiger partial charge >= 0.3 is 5.97 Å². The molecule has 0 aliphatic heterocycles. The first-order chi connectivity index (χ1) is 11.0. The van der Waals surface area contributed by atoms with Crippen molar-refractivity contribution in [3.8, 4) is 5.75 Å². The van der Waals surface area contributed by atoms with E-state index in [1.165, 1.54) is 48.5 Å². The van der Waals surface area contributed by atoms with E-state index in [1.807, 2.05) is 0 Å². The summed E-state index contributed by atoms with van der Waals surface area (Å²) in [4.78, 5) is 32.4. The van der Waals surface area contributed by atoms with E-state index in [4.69, 9.17) is 9.84 Å². The molecule has 0 atom stereocenters. The van der Waals surface area contributed by atoms with Gasteiger partial charge in [-0.2, -0.15) is 0 Å². The number of benzene rings is 2. The van der Waals surface area contributed by atoms with Gasteiger partial charge in [-0.25, -0.2) is 4.79 Å². The number of non-ortho nitro benzene ring substituents is 1. The first kappa shape index (κ1) is 16.0. The fourth-order valence-electron chi connectivity index (χ4n) is 1.71. The monoisotopic (exact) mass is 316 g/mol. The van der Waals surface area contributed by atoms with Crippen molar-refractivity contribution >= 4 is 23.3 Å². The number of carbonyl (C=O) groups is 2. The second kappa shape index (κ2) is 7.03. The number of nitrogens with one attached hydrogen (secondary N) is 1. The van der Waals surface area contributed by atoms with E-state index in [0.717, 1.165) is 0 Å². The number of aromatic carboxylic acids is 1. The van der Waals surface area contributed by atoms with E-state index in [-0.39, 0.29) is 17.9 Å². The number of amides is 1. The molecule has 2 aromatic carbocycles. The molecule has 0 aromatic heterocycles. The molecular formula is C15H12N2O6. The molecule has 0 heterocycles. The van der Waals surface area contributed by atoms with Crippen LogP contribution < -0.4 is 10.1 Å². The van der Waals surface area contributed by atoms with E-state index in [1.54, 1.807) is 0 Å². The van der Waals surface area contributed by atoms with Gasteiger partial charge in [0.25, 0.3) is 11.6 Å². The number of nitro groups is 1. The zero-order valence-corrected chi connectivity index (χ0v) is 11.8. The molecule has 8 heteroatoms. The fraction of sp³-hybridized carbons (Fsp3) is 0.0667. The minimum Gasteiger partial charge on any atom is -0.484 e. The van der Waals surface area contributed by atoms with Gasteiger partial charge in [0.05, 0.1) is 10.5 Å². The van der Waals surface area contributed by atoms with Gasteiger partial charge in [0.2, 0.25) is 0 Å². The molecule has 0 unspecified atom stereocenters. The Hall–Kier alpha value is -3.42. The Balaban J connectivity index is 1.87. The SMILES string of the molecule is O=C(COc1ccc([N+](=O)[O-])cc1)Nc1ccc(C(=O)O)cc1. The molecule has 118 valence electrons. The Kier molecular flexibility index (Phi) is 4.88. The second-order valence-electron chi connectivity index (χ2n) is 4.47. The molecule has 2 rings (SSSR count). The van der Waals surface area contributed by atoms with Crippen LogP contribution in [0.2, 0.25) is 0 Å². The first-order valence-corrected chi connectivity index (χ1v) is 6.46. The van der Waals surface area contributed by atoms with Crippen LogP contribution in [0.3, 0.4) is 0 Å². The summed E-state index contributed by atoms with van der Waals surface area (Å²) in [5, 5.41) is 21.8. The van der Waals surface area contributed by atoms with Crippen LogP contribution in [0.1, 0.15) is 10.4 Å². The zero-order valence-electron chi connectivity index (χ0n) is 11.8. The summed E-state index contributed by atoms with van der Waals surface area (Å²) < 4.78 is 5.21. The second-order valence-corrected chi connectivity index (χ2v) is 4.47. The topological polar surface area (TPSA) is 119 Å². The van der Waals surface area contributed by atoms with E-state index in [2.05, 4.69) is 5.32 Å². The molecule has 0 saturated carbocycles. The Bertz CT molecular complexity index is 725. The summed E-state index contributed by atoms with van der Waals surface area (Å²) in [5.41, 5.74) is 0.484. The number of anilines is 1. The van der Waals surface area contributed by atoms with Crippen LogP contribution in [-0.2, 0) is 4.79 Å². The predicted octanol–water partition coefficient (Wildman–Crippen LogP) is 2.31. The number of nitrogens with zero attached hydrogens (tertiary/aromatic N) is 1. The lowest BCUT2D eigenvalue weighted by molar-refractivity contribution is -0.384. The van der Waals surface area contributed by atoms with E-state index < -0.39 is 16.8 Å². The van der Waals surface area contributed by atoms with Crippen molar-refractivity contribution in [2.75, 3.05) is 11.9 Å². The Morgan fingerprint density at radius 2 is 1.70 bits per heavy atom. The lowest BCUT2D eigenvalue weighted by atomic mass is 10.2. The number of carbonyl (C=O) groups excluding carboxylic acids is 1. The largest absolute Gasteiger partial charge is 0.484 e. The highest BCUT2D eigenvalue weighted by Crippen LogP contribution is 2.17. The molecule has 23 heavy (non-hydrogen) atoms. The maximum Gasteiger partial charge on any atom is 0.335 e. The molecule has 0 aliphatic rings. The zero-order chi connectivity index (χ0) is 16.8. The molecule has 0 bridgehead atoms. The van der Waals surface area contributed by atoms with Crippen molar-refractivity contribution < 1.29 is 24.4 Å². The van der Waals surface area contributed by atoms with Crippen molar-refractivity contribution in [1.29, 1.82) is 0 Å². The minimum absolute atomic E-state index is 0.0691. The van der Waals surface area contributed by atoms with Gasteiger partial charge in [-0.15, -0.1) is 0 Å². The van der Waals surface area contributed by atoms with Crippen molar-refractivity contribution in [2.24, 2.45) is 0 Å². The van der Waals surface area contributed by atoms with Crippen molar-refractivity contribution in [3.63, 3.8) is 0 Å². The summed E-state index contributed by atoms with van der Waals surface area (Å²) in [5.74, 6) is -1.16. The molecule has 0 saturated heterocycles. The third-order valence-electron chi connectivity index (χ3n) is 2.83. The molecule has 0 aliphatic carbocycles. The lowest BCUT2D eigenvalue weighted by Gasteiger charge is -2.07. The van der Waals surface area contributed by atoms with Crippen molar-refractivity contribution in [1.82, 2.24) is 0 Å². The predicted molar refractivity (Wildman–Crippen MR) is 80.6 cm³/mol. The Morgan fingerprint density at radius 3 is 2.22 bits per heavy atom. The Labute approximate surface area is 130 Å². The van der Waals surface area contributed by atoms with Gasteiger partial charge in [-0.3, -0.25) is 14.9 Å². The number of ether oxygens (including phenoxy) is 1. The highest BCUT2D eigenvalue weighted by Gasteiger charge is 2.08. The van der Waals surface area contributed by atoms with E-state index in [9.17, 15) is 19.7 Å². The summed E-state index contributed by atoms with van der Waals surface area (Å²) in [6.45, 7) is -0.279. The molecule has 8 nitrogen and oxygen atoms in total. The molecule has 2 aromatic rings. The third-order valence-corrected chi connectivity index (χ3v) is 2.83. The van der Waals surface area contributed by atoms with Crippen molar-refractivity contribution in [3.05, 3.63) is 64.2 Å². The summed E-state index contributed by atoms with van der Waals surface area (Å²) in [7, 11) is 0. The number of carboxylic acid groups (broad SMARTS) is 1. The van der Waals surface area contributed by atoms with Crippen LogP contribution >= 0.6 is 0 Å². The highest BCUT2D eigenvalue weighted by atomic mass is 16.6. The maximum atomic E-state index is 11.7. The quantitative estimate of drug-likeness (QED) is 0.623. The van der Waals surface area contributed by atoms with E-state index in [0.29, 0.717) is 11.4 Å². The smallest absolute Gasteiger partial charge is 0.335 e. The first-order valence-electron chi connectivity index (χ1n) is 6.46. The third kappa shape index (κ3) is 4.53. The molecule has 1 amide bonds. The molecular weight excluding hydrogens is 304 g/mol. The number of rotatable bonds is 6. The normalized spacial score (nSPS) is 9.91. The molecule has 2 N–H and O–H groups in total. The van der Waals surface area contributed by atoms with Gasteiger partial charge in [-0.1, -0.05) is 0 Å². The summed E-state index contributed by atoms with van der Waals surface area (Å²) in [6.07, 6.45) is 0. The van der Waals surface area contributed by atoms with Crippen LogP contribution in [0.25, 0.3) is 0 Å². The Morgan fingerprint density at radius 1 is 1.09 bits per heavy atom. The van der Waals surface area contributed by atoms with Gasteiger partial charge in [0, 0.05) is 17.8 Å². The summed E-state index contributed by atoms with van der Waals surface area (Å²) in [6, 6.07) is 11.0. The highest BCUT2D eigenvalue weighted by molar-refractivity contribution is 5.93. The standard InChI is InChI=1S/C15H12N2O6/c18-14(16-11-3-1-10(2-4-11)15(19)20)9-23-13-7-5-12(6-8-13)17(21)22/h1-8H,9H2,(H,16,18)(H,19,20). The van der Waals surface area contributed by atoms with Crippen LogP contribution in [0.5, 0.6) is 5.75 Å². The number of carboxylic acids is 1. The number of hydrogen-bond donors (Lipinski definition) is 2. The van der Waals surface area contributed by atoms with Crippen LogP contribution in [0.15, 0.2) is 48.5 Å². The van der Waals surface area contributed by atoms with Gasteiger partial charge in [0.1, 0.15) is 5.75 Å². The number of hydrogen-bond acceptors (Lipinski definition) is 5. The minimum atomic E-state index is -1.05. The molecule has 0 fully saturated rings. The van der Waals surface area contributed by atoms with Gasteiger partial charge in [-0.05, 0) is 36.4 Å². The van der Waals surface area contributed by atoms with Crippen LogP contribution in [0.4, 0.5) is 11.4 Å². The van der Waals surface area contributed by atoms with Gasteiger partial charge in [0.15, 0.2) is 6.61 Å². The van der Waals surface area contributed by atoms with Crippen LogP contribution in [0, 0.1) is 10.1 Å².